The quantitative estimate of drug-likeness (QED) is 0.382. The first kappa shape index (κ1) is 11.9. The van der Waals surface area contributed by atoms with Crippen molar-refractivity contribution in [2.24, 2.45) is 0 Å². The molecule has 3 nitrogen and oxygen atoms in total. The SMILES string of the molecule is OCCCCCCCCC(O)O. The molecule has 0 aliphatic heterocycles. The monoisotopic (exact) mass is 176 g/mol. The number of aliphatic hydroxyl groups excluding tert-OH is 2. The molecule has 12 heavy (non-hydrogen) atoms. The normalized spacial score (nSPS) is 11.0. The topological polar surface area (TPSA) is 60.7 Å². The van der Waals surface area contributed by atoms with E-state index in [-0.39, 0.29) is 6.61 Å². The van der Waals surface area contributed by atoms with Gasteiger partial charge in [-0.2, -0.15) is 0 Å². The standard InChI is InChI=1S/C9H20O3/c10-8-6-4-2-1-3-5-7-9(11)12/h9-12H,1-8H2. The predicted octanol–water partition coefficient (Wildman–Crippen LogP) is 1.02. The molecule has 0 bridgehead atoms. The van der Waals surface area contributed by atoms with Gasteiger partial charge >= 0.3 is 0 Å². The molecule has 3 N–H and O–H groups in total. The second-order valence-electron chi connectivity index (χ2n) is 3.11. The van der Waals surface area contributed by atoms with Crippen LogP contribution >= 0.6 is 0 Å². The molecule has 0 unspecified atom stereocenters. The van der Waals surface area contributed by atoms with Crippen LogP contribution in [0.25, 0.3) is 0 Å². The highest BCUT2D eigenvalue weighted by Crippen LogP contribution is 2.07. The zero-order valence-electron chi connectivity index (χ0n) is 7.58. The fourth-order valence-corrected chi connectivity index (χ4v) is 1.15. The van der Waals surface area contributed by atoms with E-state index in [9.17, 15) is 0 Å². The van der Waals surface area contributed by atoms with Crippen molar-refractivity contribution in [3.63, 3.8) is 0 Å². The molecule has 74 valence electrons. The number of hydrogen-bond acceptors (Lipinski definition) is 3. The Hall–Kier alpha value is -0.120. The molecular formula is C9H20O3. The molecule has 0 aromatic heterocycles. The van der Waals surface area contributed by atoms with Crippen molar-refractivity contribution in [2.75, 3.05) is 6.61 Å². The van der Waals surface area contributed by atoms with Crippen molar-refractivity contribution >= 4 is 0 Å². The van der Waals surface area contributed by atoms with Gasteiger partial charge in [-0.15, -0.1) is 0 Å². The van der Waals surface area contributed by atoms with Gasteiger partial charge in [0.1, 0.15) is 0 Å². The average Bonchev–Trinajstić information content (AvgIpc) is 2.02. The fraction of sp³-hybridized carbons (Fsp3) is 1.00. The van der Waals surface area contributed by atoms with E-state index in [0.717, 1.165) is 38.5 Å². The summed E-state index contributed by atoms with van der Waals surface area (Å²) in [5.41, 5.74) is 0. The van der Waals surface area contributed by atoms with Gasteiger partial charge in [0.2, 0.25) is 0 Å². The predicted molar refractivity (Wildman–Crippen MR) is 47.6 cm³/mol. The molecule has 0 aromatic rings. The van der Waals surface area contributed by atoms with Crippen molar-refractivity contribution < 1.29 is 15.3 Å². The summed E-state index contributed by atoms with van der Waals surface area (Å²) in [5.74, 6) is 0. The molecule has 0 heterocycles. The Balaban J connectivity index is 2.82. The maximum Gasteiger partial charge on any atom is 0.151 e. The summed E-state index contributed by atoms with van der Waals surface area (Å²) < 4.78 is 0. The fourth-order valence-electron chi connectivity index (χ4n) is 1.15. The highest BCUT2D eigenvalue weighted by atomic mass is 16.5. The Morgan fingerprint density at radius 3 is 1.75 bits per heavy atom. The molecule has 0 radical (unpaired) electrons. The van der Waals surface area contributed by atoms with E-state index >= 15 is 0 Å². The molecular weight excluding hydrogens is 156 g/mol. The van der Waals surface area contributed by atoms with Crippen LogP contribution < -0.4 is 0 Å². The van der Waals surface area contributed by atoms with Gasteiger partial charge in [0, 0.05) is 6.61 Å². The summed E-state index contributed by atoms with van der Waals surface area (Å²) in [4.78, 5) is 0. The van der Waals surface area contributed by atoms with Crippen LogP contribution in [0.3, 0.4) is 0 Å². The van der Waals surface area contributed by atoms with Crippen molar-refractivity contribution in [3.8, 4) is 0 Å². The Labute approximate surface area is 74.0 Å². The first-order chi connectivity index (χ1) is 5.77. The summed E-state index contributed by atoms with van der Waals surface area (Å²) in [5, 5.41) is 25.5. The van der Waals surface area contributed by atoms with Crippen LogP contribution in [0, 0.1) is 0 Å². The van der Waals surface area contributed by atoms with Crippen LogP contribution in [0.1, 0.15) is 44.9 Å². The minimum absolute atomic E-state index is 0.287. The van der Waals surface area contributed by atoms with Crippen LogP contribution in [0.5, 0.6) is 0 Å². The molecule has 0 amide bonds. The van der Waals surface area contributed by atoms with Gasteiger partial charge in [0.15, 0.2) is 6.29 Å². The lowest BCUT2D eigenvalue weighted by Gasteiger charge is -2.02. The molecule has 3 heteroatoms. The summed E-state index contributed by atoms with van der Waals surface area (Å²) in [6, 6.07) is 0. The molecule has 0 fully saturated rings. The number of rotatable bonds is 8. The van der Waals surface area contributed by atoms with Gasteiger partial charge in [-0.3, -0.25) is 0 Å². The zero-order valence-corrected chi connectivity index (χ0v) is 7.58. The van der Waals surface area contributed by atoms with E-state index in [2.05, 4.69) is 0 Å². The second kappa shape index (κ2) is 8.97. The molecule has 0 atom stereocenters. The molecule has 0 aromatic carbocycles. The minimum atomic E-state index is -1.14. The Morgan fingerprint density at radius 2 is 1.25 bits per heavy atom. The Bertz CT molecular complexity index is 83.8. The highest BCUT2D eigenvalue weighted by molar-refractivity contribution is 4.46. The first-order valence-electron chi connectivity index (χ1n) is 4.74. The van der Waals surface area contributed by atoms with Crippen LogP contribution in [-0.2, 0) is 0 Å². The summed E-state index contributed by atoms with van der Waals surface area (Å²) in [6.45, 7) is 0.287. The number of unbranched alkanes of at least 4 members (excludes halogenated alkanes) is 5. The molecule has 0 spiro atoms. The summed E-state index contributed by atoms with van der Waals surface area (Å²) >= 11 is 0. The summed E-state index contributed by atoms with van der Waals surface area (Å²) in [6.07, 6.45) is 5.54. The van der Waals surface area contributed by atoms with Crippen molar-refractivity contribution in [1.29, 1.82) is 0 Å². The molecule has 0 saturated carbocycles. The highest BCUT2D eigenvalue weighted by Gasteiger charge is 1.96. The molecule has 0 aliphatic rings. The van der Waals surface area contributed by atoms with Crippen molar-refractivity contribution in [2.45, 2.75) is 51.2 Å². The smallest absolute Gasteiger partial charge is 0.151 e. The lowest BCUT2D eigenvalue weighted by Crippen LogP contribution is -2.02. The Kier molecular flexibility index (Phi) is 8.88. The lowest BCUT2D eigenvalue weighted by molar-refractivity contribution is -0.0466. The van der Waals surface area contributed by atoms with E-state index in [4.69, 9.17) is 15.3 Å². The third-order valence-corrected chi connectivity index (χ3v) is 1.87. The van der Waals surface area contributed by atoms with Gasteiger partial charge < -0.3 is 15.3 Å². The van der Waals surface area contributed by atoms with Gasteiger partial charge in [-0.25, -0.2) is 0 Å². The van der Waals surface area contributed by atoms with Gasteiger partial charge in [-0.1, -0.05) is 25.7 Å². The Morgan fingerprint density at radius 1 is 0.750 bits per heavy atom. The van der Waals surface area contributed by atoms with Crippen LogP contribution in [-0.4, -0.2) is 28.2 Å². The average molecular weight is 176 g/mol. The van der Waals surface area contributed by atoms with E-state index in [0.29, 0.717) is 6.42 Å². The minimum Gasteiger partial charge on any atom is -0.396 e. The van der Waals surface area contributed by atoms with Crippen LogP contribution in [0.4, 0.5) is 0 Å². The van der Waals surface area contributed by atoms with E-state index in [1.807, 2.05) is 0 Å². The van der Waals surface area contributed by atoms with Crippen molar-refractivity contribution in [3.05, 3.63) is 0 Å². The van der Waals surface area contributed by atoms with E-state index in [1.54, 1.807) is 0 Å². The summed E-state index contributed by atoms with van der Waals surface area (Å²) in [7, 11) is 0. The van der Waals surface area contributed by atoms with Crippen LogP contribution in [0.15, 0.2) is 0 Å². The maximum atomic E-state index is 8.52. The molecule has 0 aliphatic carbocycles. The van der Waals surface area contributed by atoms with Gasteiger partial charge in [0.05, 0.1) is 0 Å². The van der Waals surface area contributed by atoms with E-state index < -0.39 is 6.29 Å². The molecule has 0 saturated heterocycles. The third-order valence-electron chi connectivity index (χ3n) is 1.87. The zero-order chi connectivity index (χ0) is 9.23. The second-order valence-corrected chi connectivity index (χ2v) is 3.11. The lowest BCUT2D eigenvalue weighted by atomic mass is 10.1. The number of hydrogen-bond donors (Lipinski definition) is 3. The van der Waals surface area contributed by atoms with Gasteiger partial charge in [0.25, 0.3) is 0 Å². The molecule has 0 rings (SSSR count). The number of aliphatic hydroxyl groups is 3. The largest absolute Gasteiger partial charge is 0.396 e. The van der Waals surface area contributed by atoms with Gasteiger partial charge in [-0.05, 0) is 19.3 Å². The maximum absolute atomic E-state index is 8.52. The third kappa shape index (κ3) is 9.88. The van der Waals surface area contributed by atoms with E-state index in [1.165, 1.54) is 0 Å². The van der Waals surface area contributed by atoms with Crippen LogP contribution in [0.2, 0.25) is 0 Å². The van der Waals surface area contributed by atoms with Crippen molar-refractivity contribution in [1.82, 2.24) is 0 Å². The first-order valence-corrected chi connectivity index (χ1v) is 4.74.